The molecule has 1 fully saturated rings. The van der Waals surface area contributed by atoms with Crippen LogP contribution in [0.15, 0.2) is 36.4 Å². The molecule has 1 heterocycles. The molecule has 0 spiro atoms. The van der Waals surface area contributed by atoms with E-state index >= 15 is 0 Å². The van der Waals surface area contributed by atoms with Crippen molar-refractivity contribution in [1.82, 2.24) is 15.1 Å². The third kappa shape index (κ3) is 4.31. The number of rotatable bonds is 8. The van der Waals surface area contributed by atoms with Crippen molar-refractivity contribution < 1.29 is 14.7 Å². The predicted octanol–water partition coefficient (Wildman–Crippen LogP) is 3.23. The zero-order valence-corrected chi connectivity index (χ0v) is 15.2. The van der Waals surface area contributed by atoms with Gasteiger partial charge in [0.25, 0.3) is 5.91 Å². The van der Waals surface area contributed by atoms with Gasteiger partial charge in [-0.05, 0) is 43.4 Å². The van der Waals surface area contributed by atoms with E-state index in [0.29, 0.717) is 18.0 Å². The van der Waals surface area contributed by atoms with Gasteiger partial charge >= 0.3 is 5.97 Å². The van der Waals surface area contributed by atoms with Crippen molar-refractivity contribution in [3.05, 3.63) is 47.8 Å². The molecule has 0 radical (unpaired) electrons. The number of aromatic nitrogens is 2. The van der Waals surface area contributed by atoms with Gasteiger partial charge in [0.15, 0.2) is 0 Å². The summed E-state index contributed by atoms with van der Waals surface area (Å²) in [6.45, 7) is 4.07. The van der Waals surface area contributed by atoms with Crippen LogP contribution in [0.5, 0.6) is 0 Å². The summed E-state index contributed by atoms with van der Waals surface area (Å²) in [6, 6.07) is 11.4. The first-order valence-electron chi connectivity index (χ1n) is 9.12. The molecule has 2 N–H and O–H groups in total. The zero-order valence-electron chi connectivity index (χ0n) is 15.2. The fourth-order valence-electron chi connectivity index (χ4n) is 3.05. The van der Waals surface area contributed by atoms with Crippen LogP contribution in [0.2, 0.25) is 0 Å². The number of carboxylic acids is 1. The first kappa shape index (κ1) is 18.2. The minimum Gasteiger partial charge on any atom is -0.481 e. The van der Waals surface area contributed by atoms with Gasteiger partial charge in [-0.25, -0.2) is 4.68 Å². The molecule has 0 aliphatic heterocycles. The highest BCUT2D eigenvalue weighted by Crippen LogP contribution is 2.39. The van der Waals surface area contributed by atoms with E-state index in [4.69, 9.17) is 0 Å². The summed E-state index contributed by atoms with van der Waals surface area (Å²) in [5.74, 6) is -1.07. The number of carbonyl (C=O) groups is 2. The summed E-state index contributed by atoms with van der Waals surface area (Å²) in [7, 11) is 0. The highest BCUT2D eigenvalue weighted by molar-refractivity contribution is 5.93. The lowest BCUT2D eigenvalue weighted by atomic mass is 9.97. The van der Waals surface area contributed by atoms with Gasteiger partial charge in [-0.1, -0.05) is 32.0 Å². The number of carbonyl (C=O) groups excluding carboxylic acids is 1. The Labute approximate surface area is 153 Å². The maximum absolute atomic E-state index is 12.7. The van der Waals surface area contributed by atoms with Gasteiger partial charge in [0.05, 0.1) is 17.3 Å². The molecule has 3 rings (SSSR count). The molecular formula is C20H25N3O3. The van der Waals surface area contributed by atoms with E-state index in [0.717, 1.165) is 24.2 Å². The van der Waals surface area contributed by atoms with Gasteiger partial charge < -0.3 is 10.4 Å². The fraction of sp³-hybridized carbons (Fsp3) is 0.450. The molecule has 0 bridgehead atoms. The standard InChI is InChI=1S/C20H25N3O3/c1-13(2)10-15(20(25)26)12-21-19(24)18-11-17(14-8-9-14)22-23(18)16-6-4-3-5-7-16/h3-7,11,13-15H,8-10,12H2,1-2H3,(H,21,24)(H,25,26). The molecule has 1 atom stereocenters. The van der Waals surface area contributed by atoms with Gasteiger partial charge in [-0.3, -0.25) is 9.59 Å². The number of carboxylic acid groups (broad SMARTS) is 1. The summed E-state index contributed by atoms with van der Waals surface area (Å²) in [6.07, 6.45) is 2.73. The molecule has 138 valence electrons. The SMILES string of the molecule is CC(C)CC(CNC(=O)c1cc(C2CC2)nn1-c1ccccc1)C(=O)O. The van der Waals surface area contributed by atoms with Crippen molar-refractivity contribution in [2.24, 2.45) is 11.8 Å². The highest BCUT2D eigenvalue weighted by atomic mass is 16.4. The number of hydrogen-bond donors (Lipinski definition) is 2. The van der Waals surface area contributed by atoms with Crippen molar-refractivity contribution in [2.75, 3.05) is 6.54 Å². The lowest BCUT2D eigenvalue weighted by Crippen LogP contribution is -2.34. The van der Waals surface area contributed by atoms with Crippen LogP contribution in [-0.2, 0) is 4.79 Å². The van der Waals surface area contributed by atoms with E-state index in [2.05, 4.69) is 10.4 Å². The molecular weight excluding hydrogens is 330 g/mol. The van der Waals surface area contributed by atoms with Crippen LogP contribution in [-0.4, -0.2) is 33.3 Å². The van der Waals surface area contributed by atoms with Crippen molar-refractivity contribution in [1.29, 1.82) is 0 Å². The Morgan fingerprint density at radius 3 is 2.54 bits per heavy atom. The minimum absolute atomic E-state index is 0.116. The number of amides is 1. The topological polar surface area (TPSA) is 84.2 Å². The number of hydrogen-bond acceptors (Lipinski definition) is 3. The summed E-state index contributed by atoms with van der Waals surface area (Å²) < 4.78 is 1.65. The predicted molar refractivity (Wildman–Crippen MR) is 98.5 cm³/mol. The molecule has 1 unspecified atom stereocenters. The minimum atomic E-state index is -0.880. The maximum Gasteiger partial charge on any atom is 0.308 e. The molecule has 26 heavy (non-hydrogen) atoms. The second-order valence-corrected chi connectivity index (χ2v) is 7.35. The second-order valence-electron chi connectivity index (χ2n) is 7.35. The fourth-order valence-corrected chi connectivity index (χ4v) is 3.05. The van der Waals surface area contributed by atoms with Crippen LogP contribution in [0, 0.1) is 11.8 Å². The zero-order chi connectivity index (χ0) is 18.7. The first-order chi connectivity index (χ1) is 12.5. The molecule has 6 nitrogen and oxygen atoms in total. The van der Waals surface area contributed by atoms with E-state index in [1.807, 2.05) is 50.2 Å². The van der Waals surface area contributed by atoms with Gasteiger partial charge in [0.2, 0.25) is 0 Å². The molecule has 1 aliphatic rings. The number of para-hydroxylation sites is 1. The quantitative estimate of drug-likeness (QED) is 0.761. The van der Waals surface area contributed by atoms with E-state index in [1.54, 1.807) is 4.68 Å². The molecule has 6 heteroatoms. The lowest BCUT2D eigenvalue weighted by Gasteiger charge is -2.15. The molecule has 1 saturated carbocycles. The van der Waals surface area contributed by atoms with Crippen molar-refractivity contribution in [3.8, 4) is 5.69 Å². The Kier molecular flexibility index (Phi) is 5.40. The molecule has 1 aliphatic carbocycles. The monoisotopic (exact) mass is 355 g/mol. The molecule has 1 aromatic heterocycles. The molecule has 1 aromatic carbocycles. The van der Waals surface area contributed by atoms with Crippen LogP contribution in [0.3, 0.4) is 0 Å². The maximum atomic E-state index is 12.7. The Morgan fingerprint density at radius 2 is 1.96 bits per heavy atom. The normalized spacial score (nSPS) is 15.0. The largest absolute Gasteiger partial charge is 0.481 e. The first-order valence-corrected chi connectivity index (χ1v) is 9.12. The van der Waals surface area contributed by atoms with Crippen molar-refractivity contribution in [2.45, 2.75) is 39.0 Å². The third-order valence-electron chi connectivity index (χ3n) is 4.57. The second kappa shape index (κ2) is 7.72. The summed E-state index contributed by atoms with van der Waals surface area (Å²) in [5, 5.41) is 16.8. The Morgan fingerprint density at radius 1 is 1.27 bits per heavy atom. The molecule has 2 aromatic rings. The van der Waals surface area contributed by atoms with E-state index in [1.165, 1.54) is 0 Å². The van der Waals surface area contributed by atoms with E-state index in [9.17, 15) is 14.7 Å². The smallest absolute Gasteiger partial charge is 0.308 e. The number of aliphatic carboxylic acids is 1. The Balaban J connectivity index is 1.79. The van der Waals surface area contributed by atoms with Gasteiger partial charge in [0, 0.05) is 12.5 Å². The summed E-state index contributed by atoms with van der Waals surface area (Å²) in [4.78, 5) is 24.1. The Hall–Kier alpha value is -2.63. The van der Waals surface area contributed by atoms with Crippen molar-refractivity contribution in [3.63, 3.8) is 0 Å². The average Bonchev–Trinajstić information content (AvgIpc) is 3.37. The van der Waals surface area contributed by atoms with Gasteiger partial charge in [0.1, 0.15) is 5.69 Å². The van der Waals surface area contributed by atoms with Crippen LogP contribution in [0.1, 0.15) is 55.2 Å². The third-order valence-corrected chi connectivity index (χ3v) is 4.57. The van der Waals surface area contributed by atoms with Gasteiger partial charge in [-0.2, -0.15) is 5.10 Å². The van der Waals surface area contributed by atoms with E-state index in [-0.39, 0.29) is 18.4 Å². The van der Waals surface area contributed by atoms with Gasteiger partial charge in [-0.15, -0.1) is 0 Å². The van der Waals surface area contributed by atoms with Crippen LogP contribution in [0.4, 0.5) is 0 Å². The number of benzene rings is 1. The number of nitrogens with zero attached hydrogens (tertiary/aromatic N) is 2. The lowest BCUT2D eigenvalue weighted by molar-refractivity contribution is -0.142. The van der Waals surface area contributed by atoms with Crippen LogP contribution in [0.25, 0.3) is 5.69 Å². The highest BCUT2D eigenvalue weighted by Gasteiger charge is 2.29. The van der Waals surface area contributed by atoms with E-state index < -0.39 is 11.9 Å². The van der Waals surface area contributed by atoms with Crippen molar-refractivity contribution >= 4 is 11.9 Å². The Bertz CT molecular complexity index is 779. The molecule has 0 saturated heterocycles. The summed E-state index contributed by atoms with van der Waals surface area (Å²) >= 11 is 0. The summed E-state index contributed by atoms with van der Waals surface area (Å²) in [5.41, 5.74) is 2.20. The van der Waals surface area contributed by atoms with Crippen LogP contribution < -0.4 is 5.32 Å². The van der Waals surface area contributed by atoms with Crippen LogP contribution >= 0.6 is 0 Å². The average molecular weight is 355 g/mol. The number of nitrogens with one attached hydrogen (secondary N) is 1. The molecule has 1 amide bonds.